The zero-order valence-electron chi connectivity index (χ0n) is 14.0. The predicted octanol–water partition coefficient (Wildman–Crippen LogP) is 2.73. The van der Waals surface area contributed by atoms with Crippen molar-refractivity contribution in [3.8, 4) is 0 Å². The highest BCUT2D eigenvalue weighted by Crippen LogP contribution is 2.27. The van der Waals surface area contributed by atoms with Gasteiger partial charge < -0.3 is 10.2 Å². The highest BCUT2D eigenvalue weighted by atomic mass is 35.5. The fraction of sp³-hybridized carbons (Fsp3) is 0.529. The molecule has 0 spiro atoms. The zero-order chi connectivity index (χ0) is 17.3. The van der Waals surface area contributed by atoms with Gasteiger partial charge in [-0.25, -0.2) is 4.98 Å². The molecule has 0 saturated carbocycles. The number of hydrogen-bond donors (Lipinski definition) is 1. The van der Waals surface area contributed by atoms with Gasteiger partial charge in [-0.1, -0.05) is 23.2 Å². The van der Waals surface area contributed by atoms with Crippen molar-refractivity contribution >= 4 is 34.1 Å². The molecule has 2 heterocycles. The lowest BCUT2D eigenvalue weighted by Crippen LogP contribution is -2.36. The van der Waals surface area contributed by atoms with Crippen LogP contribution in [0.3, 0.4) is 0 Å². The molecule has 0 aliphatic carbocycles. The topological polar surface area (TPSA) is 50.2 Å². The van der Waals surface area contributed by atoms with Gasteiger partial charge in [0.05, 0.1) is 20.9 Å². The maximum Gasteiger partial charge on any atom is 0.261 e. The maximum atomic E-state index is 13.1. The lowest BCUT2D eigenvalue weighted by molar-refractivity contribution is 0.364. The van der Waals surface area contributed by atoms with Crippen molar-refractivity contribution < 1.29 is 0 Å². The SMILES string of the molecule is CN(C)CCn1c([C@@H]2CCCNC2)nc2cc(Cl)c(Cl)cc2c1=O. The van der Waals surface area contributed by atoms with Crippen LogP contribution in [0.15, 0.2) is 16.9 Å². The zero-order valence-corrected chi connectivity index (χ0v) is 15.5. The summed E-state index contributed by atoms with van der Waals surface area (Å²) in [6, 6.07) is 3.32. The van der Waals surface area contributed by atoms with Crippen molar-refractivity contribution in [2.45, 2.75) is 25.3 Å². The molecule has 1 aliphatic rings. The monoisotopic (exact) mass is 368 g/mol. The van der Waals surface area contributed by atoms with Crippen LogP contribution in [0, 0.1) is 0 Å². The van der Waals surface area contributed by atoms with Gasteiger partial charge in [0.2, 0.25) is 0 Å². The molecule has 1 aliphatic heterocycles. The smallest absolute Gasteiger partial charge is 0.261 e. The molecule has 7 heteroatoms. The van der Waals surface area contributed by atoms with Gasteiger partial charge in [-0.2, -0.15) is 0 Å². The minimum atomic E-state index is -0.0407. The molecule has 1 aromatic carbocycles. The second-order valence-electron chi connectivity index (χ2n) is 6.56. The highest BCUT2D eigenvalue weighted by molar-refractivity contribution is 6.42. The molecule has 1 atom stereocenters. The third-order valence-corrected chi connectivity index (χ3v) is 5.18. The van der Waals surface area contributed by atoms with Crippen molar-refractivity contribution in [2.75, 3.05) is 33.7 Å². The van der Waals surface area contributed by atoms with Gasteiger partial charge in [0.15, 0.2) is 0 Å². The average Bonchev–Trinajstić information content (AvgIpc) is 2.56. The van der Waals surface area contributed by atoms with Gasteiger partial charge in [0.25, 0.3) is 5.56 Å². The molecule has 0 bridgehead atoms. The van der Waals surface area contributed by atoms with Gasteiger partial charge in [-0.05, 0) is 45.6 Å². The lowest BCUT2D eigenvalue weighted by atomic mass is 9.98. The van der Waals surface area contributed by atoms with E-state index in [4.69, 9.17) is 28.2 Å². The van der Waals surface area contributed by atoms with Crippen LogP contribution < -0.4 is 10.9 Å². The van der Waals surface area contributed by atoms with E-state index in [0.717, 1.165) is 38.3 Å². The van der Waals surface area contributed by atoms with Gasteiger partial charge >= 0.3 is 0 Å². The number of benzene rings is 1. The second kappa shape index (κ2) is 7.40. The summed E-state index contributed by atoms with van der Waals surface area (Å²) in [5.74, 6) is 1.09. The van der Waals surface area contributed by atoms with Crippen molar-refractivity contribution in [2.24, 2.45) is 0 Å². The summed E-state index contributed by atoms with van der Waals surface area (Å²) in [7, 11) is 4.00. The van der Waals surface area contributed by atoms with Gasteiger partial charge in [-0.15, -0.1) is 0 Å². The van der Waals surface area contributed by atoms with E-state index in [0.29, 0.717) is 27.5 Å². The number of halogens is 2. The van der Waals surface area contributed by atoms with E-state index < -0.39 is 0 Å². The first-order valence-electron chi connectivity index (χ1n) is 8.22. The summed E-state index contributed by atoms with van der Waals surface area (Å²) in [6.45, 7) is 3.26. The molecule has 0 amide bonds. The Bertz CT molecular complexity index is 797. The molecule has 3 rings (SSSR count). The van der Waals surface area contributed by atoms with Crippen LogP contribution in [0.2, 0.25) is 10.0 Å². The molecule has 1 saturated heterocycles. The third-order valence-electron chi connectivity index (χ3n) is 4.46. The van der Waals surface area contributed by atoms with Crippen LogP contribution in [0.1, 0.15) is 24.6 Å². The van der Waals surface area contributed by atoms with Gasteiger partial charge in [0, 0.05) is 25.6 Å². The first kappa shape index (κ1) is 17.7. The highest BCUT2D eigenvalue weighted by Gasteiger charge is 2.22. The van der Waals surface area contributed by atoms with Crippen molar-refractivity contribution in [1.29, 1.82) is 0 Å². The molecule has 1 N–H and O–H groups in total. The number of likely N-dealkylation sites (N-methyl/N-ethyl adjacent to an activating group) is 1. The Kier molecular flexibility index (Phi) is 5.45. The minimum Gasteiger partial charge on any atom is -0.316 e. The number of aromatic nitrogens is 2. The summed E-state index contributed by atoms with van der Waals surface area (Å²) < 4.78 is 1.81. The third kappa shape index (κ3) is 3.59. The molecule has 24 heavy (non-hydrogen) atoms. The number of fused-ring (bicyclic) bond motifs is 1. The fourth-order valence-electron chi connectivity index (χ4n) is 3.13. The number of piperidine rings is 1. The fourth-order valence-corrected chi connectivity index (χ4v) is 3.45. The van der Waals surface area contributed by atoms with Crippen molar-refractivity contribution in [3.05, 3.63) is 38.4 Å². The van der Waals surface area contributed by atoms with E-state index in [1.807, 2.05) is 18.7 Å². The largest absolute Gasteiger partial charge is 0.316 e. The summed E-state index contributed by atoms with van der Waals surface area (Å²) >= 11 is 12.2. The Balaban J connectivity index is 2.16. The van der Waals surface area contributed by atoms with Crippen LogP contribution in [-0.2, 0) is 6.54 Å². The number of hydrogen-bond acceptors (Lipinski definition) is 4. The summed E-state index contributed by atoms with van der Waals surface area (Å²) in [4.78, 5) is 19.9. The first-order valence-corrected chi connectivity index (χ1v) is 8.98. The number of rotatable bonds is 4. The number of nitrogens with one attached hydrogen (secondary N) is 1. The Morgan fingerprint density at radius 3 is 2.75 bits per heavy atom. The van der Waals surface area contributed by atoms with Crippen molar-refractivity contribution in [3.63, 3.8) is 0 Å². The second-order valence-corrected chi connectivity index (χ2v) is 7.37. The Hall–Kier alpha value is -1.14. The molecule has 2 aromatic rings. The average molecular weight is 369 g/mol. The van der Waals surface area contributed by atoms with Gasteiger partial charge in [0.1, 0.15) is 5.82 Å². The van der Waals surface area contributed by atoms with E-state index in [1.165, 1.54) is 0 Å². The Morgan fingerprint density at radius 2 is 2.08 bits per heavy atom. The summed E-state index contributed by atoms with van der Waals surface area (Å²) in [6.07, 6.45) is 2.13. The van der Waals surface area contributed by atoms with Crippen LogP contribution >= 0.6 is 23.2 Å². The van der Waals surface area contributed by atoms with E-state index >= 15 is 0 Å². The van der Waals surface area contributed by atoms with Crippen LogP contribution in [0.5, 0.6) is 0 Å². The van der Waals surface area contributed by atoms with E-state index in [-0.39, 0.29) is 11.5 Å². The lowest BCUT2D eigenvalue weighted by Gasteiger charge is -2.26. The molecular weight excluding hydrogens is 347 g/mol. The molecule has 0 unspecified atom stereocenters. The molecule has 5 nitrogen and oxygen atoms in total. The standard InChI is InChI=1S/C17H22Cl2N4O/c1-22(2)6-7-23-16(11-4-3-5-20-10-11)21-15-9-14(19)13(18)8-12(15)17(23)24/h8-9,11,20H,3-7,10H2,1-2H3/t11-/m1/s1. The van der Waals surface area contributed by atoms with E-state index in [2.05, 4.69) is 10.2 Å². The van der Waals surface area contributed by atoms with Crippen molar-refractivity contribution in [1.82, 2.24) is 19.8 Å². The summed E-state index contributed by atoms with van der Waals surface area (Å²) in [5, 5.41) is 4.73. The molecule has 130 valence electrons. The molecule has 1 fully saturated rings. The van der Waals surface area contributed by atoms with E-state index in [9.17, 15) is 4.79 Å². The number of nitrogens with zero attached hydrogens (tertiary/aromatic N) is 3. The van der Waals surface area contributed by atoms with E-state index in [1.54, 1.807) is 12.1 Å². The van der Waals surface area contributed by atoms with Crippen LogP contribution in [-0.4, -0.2) is 48.2 Å². The minimum absolute atomic E-state index is 0.0407. The molecule has 1 aromatic heterocycles. The Labute approximate surface area is 151 Å². The van der Waals surface area contributed by atoms with Gasteiger partial charge in [-0.3, -0.25) is 9.36 Å². The van der Waals surface area contributed by atoms with Crippen LogP contribution in [0.25, 0.3) is 10.9 Å². The predicted molar refractivity (Wildman–Crippen MR) is 99.4 cm³/mol. The maximum absolute atomic E-state index is 13.1. The Morgan fingerprint density at radius 1 is 1.33 bits per heavy atom. The van der Waals surface area contributed by atoms with Crippen LogP contribution in [0.4, 0.5) is 0 Å². The quantitative estimate of drug-likeness (QED) is 0.901. The summed E-state index contributed by atoms with van der Waals surface area (Å²) in [5.41, 5.74) is 0.581. The molecule has 0 radical (unpaired) electrons. The normalized spacial score (nSPS) is 18.5. The first-order chi connectivity index (χ1) is 11.5. The molecular formula is C17H22Cl2N4O.